The van der Waals surface area contributed by atoms with Crippen LogP contribution in [-0.2, 0) is 14.4 Å². The minimum atomic E-state index is -0.575. The standard InChI is InChI=1S/C15H19N3O4/c1-17(12-8-14(20)18(2)15(12)21)9-13(19)16-10-5-4-6-11(7-10)22-3/h4-7,12H,8-9H2,1-3H3,(H,16,19)/t12-/m1/s1. The molecule has 0 bridgehead atoms. The number of hydrogen-bond acceptors (Lipinski definition) is 5. The number of benzene rings is 1. The number of nitrogens with one attached hydrogen (secondary N) is 1. The van der Waals surface area contributed by atoms with Crippen LogP contribution in [0.5, 0.6) is 5.75 Å². The van der Waals surface area contributed by atoms with Crippen molar-refractivity contribution in [3.05, 3.63) is 24.3 Å². The Kier molecular flexibility index (Phi) is 4.77. The van der Waals surface area contributed by atoms with Crippen LogP contribution in [-0.4, -0.2) is 61.3 Å². The van der Waals surface area contributed by atoms with Crippen molar-refractivity contribution in [2.45, 2.75) is 12.5 Å². The molecule has 0 unspecified atom stereocenters. The number of methoxy groups -OCH3 is 1. The van der Waals surface area contributed by atoms with Crippen LogP contribution in [0.3, 0.4) is 0 Å². The Morgan fingerprint density at radius 3 is 2.77 bits per heavy atom. The molecule has 22 heavy (non-hydrogen) atoms. The first-order valence-electron chi connectivity index (χ1n) is 6.87. The fourth-order valence-electron chi connectivity index (χ4n) is 2.32. The summed E-state index contributed by atoms with van der Waals surface area (Å²) in [6.07, 6.45) is 0.109. The quantitative estimate of drug-likeness (QED) is 0.793. The first-order valence-corrected chi connectivity index (χ1v) is 6.87. The van der Waals surface area contributed by atoms with Gasteiger partial charge in [-0.15, -0.1) is 0 Å². The Morgan fingerprint density at radius 2 is 2.18 bits per heavy atom. The van der Waals surface area contributed by atoms with E-state index in [0.717, 1.165) is 4.90 Å². The summed E-state index contributed by atoms with van der Waals surface area (Å²) in [5.74, 6) is -0.119. The van der Waals surface area contributed by atoms with E-state index in [-0.39, 0.29) is 30.7 Å². The molecule has 0 saturated carbocycles. The number of nitrogens with zero attached hydrogens (tertiary/aromatic N) is 2. The fourth-order valence-corrected chi connectivity index (χ4v) is 2.32. The van der Waals surface area contributed by atoms with Crippen LogP contribution in [0, 0.1) is 0 Å². The van der Waals surface area contributed by atoms with Gasteiger partial charge in [-0.3, -0.25) is 24.2 Å². The summed E-state index contributed by atoms with van der Waals surface area (Å²) in [6.45, 7) is 0.0226. The van der Waals surface area contributed by atoms with Crippen molar-refractivity contribution in [3.8, 4) is 5.75 Å². The van der Waals surface area contributed by atoms with Gasteiger partial charge in [0.1, 0.15) is 5.75 Å². The lowest BCUT2D eigenvalue weighted by molar-refractivity contribution is -0.137. The number of anilines is 1. The largest absolute Gasteiger partial charge is 0.497 e. The monoisotopic (exact) mass is 305 g/mol. The molecule has 1 heterocycles. The average molecular weight is 305 g/mol. The zero-order valence-corrected chi connectivity index (χ0v) is 12.8. The topological polar surface area (TPSA) is 79.0 Å². The van der Waals surface area contributed by atoms with Crippen molar-refractivity contribution < 1.29 is 19.1 Å². The summed E-state index contributed by atoms with van der Waals surface area (Å²) < 4.78 is 5.09. The van der Waals surface area contributed by atoms with Crippen LogP contribution in [0.15, 0.2) is 24.3 Å². The van der Waals surface area contributed by atoms with Crippen molar-refractivity contribution in [2.75, 3.05) is 33.1 Å². The van der Waals surface area contributed by atoms with E-state index in [1.54, 1.807) is 43.3 Å². The number of amides is 3. The van der Waals surface area contributed by atoms with Crippen LogP contribution in [0.1, 0.15) is 6.42 Å². The van der Waals surface area contributed by atoms with Crippen molar-refractivity contribution in [3.63, 3.8) is 0 Å². The summed E-state index contributed by atoms with van der Waals surface area (Å²) in [7, 11) is 4.66. The normalized spacial score (nSPS) is 18.0. The van der Waals surface area contributed by atoms with Crippen LogP contribution in [0.2, 0.25) is 0 Å². The van der Waals surface area contributed by atoms with E-state index >= 15 is 0 Å². The number of ether oxygens (including phenoxy) is 1. The average Bonchev–Trinajstić information content (AvgIpc) is 2.75. The van der Waals surface area contributed by atoms with Gasteiger partial charge in [-0.1, -0.05) is 6.07 Å². The first kappa shape index (κ1) is 16.0. The number of rotatable bonds is 5. The molecule has 3 amide bonds. The number of carbonyl (C=O) groups is 3. The van der Waals surface area contributed by atoms with Gasteiger partial charge in [-0.2, -0.15) is 0 Å². The Balaban J connectivity index is 1.94. The van der Waals surface area contributed by atoms with E-state index in [1.807, 2.05) is 0 Å². The van der Waals surface area contributed by atoms with Crippen LogP contribution >= 0.6 is 0 Å². The molecule has 1 N–H and O–H groups in total. The lowest BCUT2D eigenvalue weighted by Gasteiger charge is -2.21. The molecule has 7 nitrogen and oxygen atoms in total. The second-order valence-corrected chi connectivity index (χ2v) is 5.21. The molecule has 1 aliphatic rings. The zero-order chi connectivity index (χ0) is 16.3. The number of likely N-dealkylation sites (N-methyl/N-ethyl adjacent to an activating group) is 2. The summed E-state index contributed by atoms with van der Waals surface area (Å²) in [6, 6.07) is 6.43. The van der Waals surface area contributed by atoms with Gasteiger partial charge in [-0.05, 0) is 19.2 Å². The Bertz CT molecular complexity index is 602. The second kappa shape index (κ2) is 6.57. The highest BCUT2D eigenvalue weighted by atomic mass is 16.5. The molecule has 1 saturated heterocycles. The van der Waals surface area contributed by atoms with Crippen molar-refractivity contribution in [1.82, 2.24) is 9.80 Å². The first-order chi connectivity index (χ1) is 10.4. The highest BCUT2D eigenvalue weighted by Crippen LogP contribution is 2.18. The van der Waals surface area contributed by atoms with E-state index in [9.17, 15) is 14.4 Å². The molecule has 1 aliphatic heterocycles. The maximum atomic E-state index is 12.0. The lowest BCUT2D eigenvalue weighted by atomic mass is 10.2. The van der Waals surface area contributed by atoms with Crippen molar-refractivity contribution in [2.24, 2.45) is 0 Å². The molecule has 0 aromatic heterocycles. The third kappa shape index (κ3) is 3.43. The van der Waals surface area contributed by atoms with Crippen molar-refractivity contribution >= 4 is 23.4 Å². The zero-order valence-electron chi connectivity index (χ0n) is 12.8. The molecule has 1 fully saturated rings. The van der Waals surface area contributed by atoms with Crippen LogP contribution in [0.4, 0.5) is 5.69 Å². The maximum Gasteiger partial charge on any atom is 0.246 e. The molecular weight excluding hydrogens is 286 g/mol. The molecule has 2 rings (SSSR count). The summed E-state index contributed by atoms with van der Waals surface area (Å²) in [5, 5.41) is 2.74. The Morgan fingerprint density at radius 1 is 1.45 bits per heavy atom. The van der Waals surface area contributed by atoms with Crippen LogP contribution in [0.25, 0.3) is 0 Å². The van der Waals surface area contributed by atoms with Crippen LogP contribution < -0.4 is 10.1 Å². The van der Waals surface area contributed by atoms with Gasteiger partial charge in [0.05, 0.1) is 26.1 Å². The van der Waals surface area contributed by atoms with E-state index in [2.05, 4.69) is 5.32 Å². The van der Waals surface area contributed by atoms with Gasteiger partial charge in [-0.25, -0.2) is 0 Å². The number of imide groups is 1. The predicted molar refractivity (Wildman–Crippen MR) is 80.4 cm³/mol. The fraction of sp³-hybridized carbons (Fsp3) is 0.400. The molecule has 1 aromatic rings. The van der Waals surface area contributed by atoms with E-state index in [1.165, 1.54) is 7.05 Å². The molecular formula is C15H19N3O4. The van der Waals surface area contributed by atoms with Gasteiger partial charge in [0.2, 0.25) is 17.7 Å². The van der Waals surface area contributed by atoms with Gasteiger partial charge in [0, 0.05) is 18.8 Å². The number of likely N-dealkylation sites (tertiary alicyclic amines) is 1. The molecule has 1 aromatic carbocycles. The minimum absolute atomic E-state index is 0.0226. The molecule has 1 atom stereocenters. The summed E-state index contributed by atoms with van der Waals surface area (Å²) in [4.78, 5) is 38.1. The van der Waals surface area contributed by atoms with Gasteiger partial charge < -0.3 is 10.1 Å². The summed E-state index contributed by atoms with van der Waals surface area (Å²) in [5.41, 5.74) is 0.615. The number of carbonyl (C=O) groups excluding carboxylic acids is 3. The van der Waals surface area contributed by atoms with E-state index < -0.39 is 6.04 Å². The second-order valence-electron chi connectivity index (χ2n) is 5.21. The highest BCUT2D eigenvalue weighted by molar-refractivity contribution is 6.05. The predicted octanol–water partition coefficient (Wildman–Crippen LogP) is 0.323. The molecule has 118 valence electrons. The van der Waals surface area contributed by atoms with Gasteiger partial charge in [0.25, 0.3) is 0 Å². The Hall–Kier alpha value is -2.41. The lowest BCUT2D eigenvalue weighted by Crippen LogP contribution is -2.42. The highest BCUT2D eigenvalue weighted by Gasteiger charge is 2.38. The third-order valence-corrected chi connectivity index (χ3v) is 3.64. The van der Waals surface area contributed by atoms with E-state index in [0.29, 0.717) is 11.4 Å². The molecule has 0 spiro atoms. The van der Waals surface area contributed by atoms with Gasteiger partial charge >= 0.3 is 0 Å². The maximum absolute atomic E-state index is 12.0. The minimum Gasteiger partial charge on any atom is -0.497 e. The third-order valence-electron chi connectivity index (χ3n) is 3.64. The summed E-state index contributed by atoms with van der Waals surface area (Å²) >= 11 is 0. The van der Waals surface area contributed by atoms with E-state index in [4.69, 9.17) is 4.74 Å². The van der Waals surface area contributed by atoms with Crippen molar-refractivity contribution in [1.29, 1.82) is 0 Å². The SMILES string of the molecule is COc1cccc(NC(=O)CN(C)[C@@H]2CC(=O)N(C)C2=O)c1. The number of hydrogen-bond donors (Lipinski definition) is 1. The molecule has 7 heteroatoms. The Labute approximate surface area is 128 Å². The molecule has 0 radical (unpaired) electrons. The van der Waals surface area contributed by atoms with Gasteiger partial charge in [0.15, 0.2) is 0 Å². The molecule has 0 aliphatic carbocycles. The smallest absolute Gasteiger partial charge is 0.246 e.